The molecule has 0 saturated carbocycles. The van der Waals surface area contributed by atoms with E-state index >= 15 is 0 Å². The number of hydrogen-bond donors (Lipinski definition) is 3. The van der Waals surface area contributed by atoms with Gasteiger partial charge in [0, 0.05) is 19.8 Å². The van der Waals surface area contributed by atoms with Crippen molar-refractivity contribution in [1.82, 2.24) is 20.4 Å². The molecule has 23 heavy (non-hydrogen) atoms. The van der Waals surface area contributed by atoms with Gasteiger partial charge >= 0.3 is 0 Å². The summed E-state index contributed by atoms with van der Waals surface area (Å²) in [6.45, 7) is 2.44. The molecule has 1 fully saturated rings. The fourth-order valence-electron chi connectivity index (χ4n) is 2.91. The van der Waals surface area contributed by atoms with Crippen LogP contribution in [-0.4, -0.2) is 39.5 Å². The summed E-state index contributed by atoms with van der Waals surface area (Å²) in [7, 11) is 1.91. The van der Waals surface area contributed by atoms with Crippen molar-refractivity contribution in [2.24, 2.45) is 7.05 Å². The minimum absolute atomic E-state index is 0.0650. The summed E-state index contributed by atoms with van der Waals surface area (Å²) in [6.07, 6.45) is 1.81. The van der Waals surface area contributed by atoms with Gasteiger partial charge in [-0.25, -0.2) is 0 Å². The average molecular weight is 314 g/mol. The highest BCUT2D eigenvalue weighted by atomic mass is 16.3. The number of carbonyl (C=O) groups excluding carboxylic acids is 1. The summed E-state index contributed by atoms with van der Waals surface area (Å²) in [5, 5.41) is 19.7. The van der Waals surface area contributed by atoms with Crippen LogP contribution in [0.3, 0.4) is 0 Å². The topological polar surface area (TPSA) is 79.2 Å². The van der Waals surface area contributed by atoms with Crippen molar-refractivity contribution in [3.05, 3.63) is 42.1 Å². The quantitative estimate of drug-likeness (QED) is 0.786. The van der Waals surface area contributed by atoms with Crippen molar-refractivity contribution >= 4 is 5.91 Å². The molecule has 1 unspecified atom stereocenters. The Balaban J connectivity index is 1.65. The molecule has 0 radical (unpaired) electrons. The molecule has 3 rings (SSSR count). The molecule has 3 N–H and O–H groups in total. The summed E-state index contributed by atoms with van der Waals surface area (Å²) in [5.41, 5.74) is 3.19. The van der Waals surface area contributed by atoms with Gasteiger partial charge < -0.3 is 15.7 Å². The molecule has 0 spiro atoms. The van der Waals surface area contributed by atoms with Crippen LogP contribution in [0.4, 0.5) is 0 Å². The Hall–Kier alpha value is -2.18. The zero-order valence-corrected chi connectivity index (χ0v) is 13.4. The predicted molar refractivity (Wildman–Crippen MR) is 87.6 cm³/mol. The number of nitrogens with zero attached hydrogens (tertiary/aromatic N) is 2. The summed E-state index contributed by atoms with van der Waals surface area (Å²) < 4.78 is 1.83. The fraction of sp³-hybridized carbons (Fsp3) is 0.412. The molecule has 6 heteroatoms. The molecule has 1 aliphatic rings. The largest absolute Gasteiger partial charge is 0.392 e. The van der Waals surface area contributed by atoms with E-state index in [1.54, 1.807) is 6.20 Å². The number of hydrogen-bond acceptors (Lipinski definition) is 4. The molecule has 0 bridgehead atoms. The van der Waals surface area contributed by atoms with E-state index < -0.39 is 6.10 Å². The maximum atomic E-state index is 12.2. The van der Waals surface area contributed by atoms with Gasteiger partial charge in [-0.2, -0.15) is 5.10 Å². The number of rotatable bonds is 4. The first kappa shape index (κ1) is 15.7. The smallest absolute Gasteiger partial charge is 0.237 e. The van der Waals surface area contributed by atoms with Gasteiger partial charge in [-0.1, -0.05) is 24.3 Å². The van der Waals surface area contributed by atoms with Gasteiger partial charge in [0.25, 0.3) is 0 Å². The van der Waals surface area contributed by atoms with Gasteiger partial charge in [0.15, 0.2) is 0 Å². The van der Waals surface area contributed by atoms with Crippen LogP contribution in [-0.2, 0) is 11.8 Å². The summed E-state index contributed by atoms with van der Waals surface area (Å²) >= 11 is 0. The van der Waals surface area contributed by atoms with Gasteiger partial charge in [0.05, 0.1) is 23.9 Å². The normalized spacial score (nSPS) is 22.0. The molecular formula is C17H22N4O2. The van der Waals surface area contributed by atoms with Crippen LogP contribution in [0.2, 0.25) is 0 Å². The molecule has 3 atom stereocenters. The number of aliphatic hydroxyl groups excluding tert-OH is 1. The Morgan fingerprint density at radius 3 is 2.70 bits per heavy atom. The van der Waals surface area contributed by atoms with E-state index in [2.05, 4.69) is 15.7 Å². The molecule has 1 aromatic heterocycles. The lowest BCUT2D eigenvalue weighted by Gasteiger charge is -2.18. The first-order valence-corrected chi connectivity index (χ1v) is 7.85. The Bertz CT molecular complexity index is 680. The number of aryl methyl sites for hydroxylation is 1. The van der Waals surface area contributed by atoms with E-state index in [1.165, 1.54) is 0 Å². The highest BCUT2D eigenvalue weighted by Gasteiger charge is 2.28. The maximum Gasteiger partial charge on any atom is 0.237 e. The summed E-state index contributed by atoms with van der Waals surface area (Å²) in [4.78, 5) is 12.2. The predicted octanol–water partition coefficient (Wildman–Crippen LogP) is 0.987. The lowest BCUT2D eigenvalue weighted by Crippen LogP contribution is -2.41. The van der Waals surface area contributed by atoms with Gasteiger partial charge in [0.2, 0.25) is 5.91 Å². The Morgan fingerprint density at radius 2 is 2.13 bits per heavy atom. The minimum Gasteiger partial charge on any atom is -0.392 e. The first-order valence-electron chi connectivity index (χ1n) is 7.85. The molecule has 122 valence electrons. The van der Waals surface area contributed by atoms with Gasteiger partial charge in [-0.05, 0) is 30.5 Å². The zero-order valence-electron chi connectivity index (χ0n) is 13.4. The molecule has 1 aromatic carbocycles. The number of nitrogens with one attached hydrogen (secondary N) is 2. The van der Waals surface area contributed by atoms with Crippen molar-refractivity contribution < 1.29 is 9.90 Å². The Morgan fingerprint density at radius 1 is 1.39 bits per heavy atom. The molecule has 1 aliphatic heterocycles. The molecule has 1 saturated heterocycles. The van der Waals surface area contributed by atoms with Crippen LogP contribution < -0.4 is 10.6 Å². The van der Waals surface area contributed by atoms with Gasteiger partial charge in [0.1, 0.15) is 0 Å². The van der Waals surface area contributed by atoms with Crippen LogP contribution >= 0.6 is 0 Å². The van der Waals surface area contributed by atoms with Gasteiger partial charge in [-0.15, -0.1) is 0 Å². The highest BCUT2D eigenvalue weighted by Crippen LogP contribution is 2.21. The van der Waals surface area contributed by atoms with Crippen LogP contribution in [0, 0.1) is 0 Å². The number of aromatic nitrogens is 2. The van der Waals surface area contributed by atoms with Crippen LogP contribution in [0.5, 0.6) is 0 Å². The summed E-state index contributed by atoms with van der Waals surface area (Å²) in [5.74, 6) is -0.0650. The van der Waals surface area contributed by atoms with E-state index in [0.29, 0.717) is 13.0 Å². The lowest BCUT2D eigenvalue weighted by atomic mass is 10.0. The number of amides is 1. The van der Waals surface area contributed by atoms with Crippen molar-refractivity contribution in [2.45, 2.75) is 31.5 Å². The third-order valence-electron chi connectivity index (χ3n) is 4.31. The van der Waals surface area contributed by atoms with Crippen molar-refractivity contribution in [3.63, 3.8) is 0 Å². The highest BCUT2D eigenvalue weighted by molar-refractivity contribution is 5.82. The molecule has 6 nitrogen and oxygen atoms in total. The molecule has 1 amide bonds. The lowest BCUT2D eigenvalue weighted by molar-refractivity contribution is -0.123. The van der Waals surface area contributed by atoms with Crippen molar-refractivity contribution in [1.29, 1.82) is 0 Å². The second kappa shape index (κ2) is 6.52. The second-order valence-corrected chi connectivity index (χ2v) is 6.04. The average Bonchev–Trinajstić information content (AvgIpc) is 3.16. The van der Waals surface area contributed by atoms with E-state index in [4.69, 9.17) is 0 Å². The number of carbonyl (C=O) groups is 1. The molecular weight excluding hydrogens is 292 g/mol. The van der Waals surface area contributed by atoms with Crippen LogP contribution in [0.25, 0.3) is 11.3 Å². The van der Waals surface area contributed by atoms with Crippen molar-refractivity contribution in [3.8, 4) is 11.3 Å². The van der Waals surface area contributed by atoms with Crippen LogP contribution in [0.1, 0.15) is 24.9 Å². The SMILES string of the molecule is C[C@H](NC(=O)C1C[C@@H](O)CN1)c1ccc(-c2ccnn2C)cc1. The summed E-state index contributed by atoms with van der Waals surface area (Å²) in [6, 6.07) is 9.69. The van der Waals surface area contributed by atoms with E-state index in [9.17, 15) is 9.90 Å². The third kappa shape index (κ3) is 3.43. The number of β-amino-alcohol motifs (C(OH)–C–C–N with tert-alkyl or cyclic N) is 1. The van der Waals surface area contributed by atoms with E-state index in [1.807, 2.05) is 49.0 Å². The van der Waals surface area contributed by atoms with Gasteiger partial charge in [-0.3, -0.25) is 9.48 Å². The van der Waals surface area contributed by atoms with Crippen LogP contribution in [0.15, 0.2) is 36.5 Å². The molecule has 2 heterocycles. The molecule has 2 aromatic rings. The third-order valence-corrected chi connectivity index (χ3v) is 4.31. The monoisotopic (exact) mass is 314 g/mol. The maximum absolute atomic E-state index is 12.2. The number of benzene rings is 1. The van der Waals surface area contributed by atoms with Crippen molar-refractivity contribution in [2.75, 3.05) is 6.54 Å². The fourth-order valence-corrected chi connectivity index (χ4v) is 2.91. The zero-order chi connectivity index (χ0) is 16.4. The Kier molecular flexibility index (Phi) is 4.45. The molecule has 0 aliphatic carbocycles. The standard InChI is InChI=1S/C17H22N4O2/c1-11(20-17(23)15-9-14(22)10-18-15)12-3-5-13(6-4-12)16-7-8-19-21(16)2/h3-8,11,14-15,18,22H,9-10H2,1-2H3,(H,20,23)/t11-,14+,15?/m0/s1. The minimum atomic E-state index is -0.431. The van der Waals surface area contributed by atoms with E-state index in [-0.39, 0.29) is 18.0 Å². The number of aliphatic hydroxyl groups is 1. The second-order valence-electron chi connectivity index (χ2n) is 6.04. The Labute approximate surface area is 135 Å². The van der Waals surface area contributed by atoms with E-state index in [0.717, 1.165) is 16.8 Å². The first-order chi connectivity index (χ1) is 11.0.